The minimum atomic E-state index is -0.272. The highest BCUT2D eigenvalue weighted by Gasteiger charge is 2.31. The molecule has 0 radical (unpaired) electrons. The third-order valence-corrected chi connectivity index (χ3v) is 5.95. The molecule has 1 saturated heterocycles. The van der Waals surface area contributed by atoms with Crippen LogP contribution in [0.15, 0.2) is 42.5 Å². The van der Waals surface area contributed by atoms with Crippen molar-refractivity contribution in [1.82, 2.24) is 10.2 Å². The zero-order valence-electron chi connectivity index (χ0n) is 18.3. The van der Waals surface area contributed by atoms with Crippen LogP contribution < -0.4 is 15.8 Å². The highest BCUT2D eigenvalue weighted by Crippen LogP contribution is 2.29. The van der Waals surface area contributed by atoms with Crippen LogP contribution in [-0.2, 0) is 4.74 Å². The van der Waals surface area contributed by atoms with Crippen molar-refractivity contribution in [2.75, 3.05) is 39.6 Å². The van der Waals surface area contributed by atoms with E-state index in [-0.39, 0.29) is 23.9 Å². The number of likely N-dealkylation sites (tertiary alicyclic amines) is 1. The summed E-state index contributed by atoms with van der Waals surface area (Å²) in [7, 11) is 3.14. The monoisotopic (exact) mass is 461 g/mol. The molecule has 0 saturated carbocycles. The molecule has 2 aromatic carbocycles. The molecule has 0 spiro atoms. The smallest absolute Gasteiger partial charge is 0.255 e. The van der Waals surface area contributed by atoms with Gasteiger partial charge < -0.3 is 25.4 Å². The summed E-state index contributed by atoms with van der Waals surface area (Å²) in [5.74, 6) is -0.129. The van der Waals surface area contributed by atoms with Gasteiger partial charge in [0, 0.05) is 32.8 Å². The van der Waals surface area contributed by atoms with Gasteiger partial charge in [-0.1, -0.05) is 35.9 Å². The van der Waals surface area contributed by atoms with Gasteiger partial charge in [0.2, 0.25) is 0 Å². The van der Waals surface area contributed by atoms with Crippen LogP contribution in [0, 0.1) is 5.82 Å². The van der Waals surface area contributed by atoms with Crippen molar-refractivity contribution in [2.24, 2.45) is 0 Å². The summed E-state index contributed by atoms with van der Waals surface area (Å²) in [6.45, 7) is 2.43. The van der Waals surface area contributed by atoms with Crippen LogP contribution in [0.25, 0.3) is 6.08 Å². The second-order valence-electron chi connectivity index (χ2n) is 7.76. The molecule has 1 heterocycles. The number of hydrogen-bond donors (Lipinski definition) is 2. The Morgan fingerprint density at radius 2 is 2.06 bits per heavy atom. The molecular formula is C24H29ClFN3O3. The maximum atomic E-state index is 13.0. The number of hydrogen-bond acceptors (Lipinski definition) is 5. The van der Waals surface area contributed by atoms with Crippen LogP contribution in [0.5, 0.6) is 5.75 Å². The summed E-state index contributed by atoms with van der Waals surface area (Å²) < 4.78 is 23.9. The second kappa shape index (κ2) is 11.3. The van der Waals surface area contributed by atoms with Crippen LogP contribution in [-0.4, -0.2) is 56.8 Å². The Balaban J connectivity index is 1.53. The third-order valence-electron chi connectivity index (χ3n) is 5.62. The molecule has 32 heavy (non-hydrogen) atoms. The summed E-state index contributed by atoms with van der Waals surface area (Å²) in [6, 6.07) is 9.36. The van der Waals surface area contributed by atoms with E-state index in [1.165, 1.54) is 25.3 Å². The van der Waals surface area contributed by atoms with Crippen LogP contribution in [0.3, 0.4) is 0 Å². The van der Waals surface area contributed by atoms with Crippen molar-refractivity contribution in [2.45, 2.75) is 25.0 Å². The lowest BCUT2D eigenvalue weighted by molar-refractivity contribution is 0.00695. The highest BCUT2D eigenvalue weighted by molar-refractivity contribution is 6.33. The summed E-state index contributed by atoms with van der Waals surface area (Å²) in [5, 5.41) is 3.36. The average Bonchev–Trinajstić information content (AvgIpc) is 2.80. The van der Waals surface area contributed by atoms with E-state index < -0.39 is 0 Å². The maximum absolute atomic E-state index is 13.0. The fraction of sp³-hybridized carbons (Fsp3) is 0.375. The van der Waals surface area contributed by atoms with Crippen LogP contribution in [0.1, 0.15) is 28.8 Å². The first-order valence-corrected chi connectivity index (χ1v) is 10.9. The first-order valence-electron chi connectivity index (χ1n) is 10.5. The Morgan fingerprint density at radius 1 is 1.31 bits per heavy atom. The molecule has 2 atom stereocenters. The van der Waals surface area contributed by atoms with Crippen molar-refractivity contribution in [3.8, 4) is 5.75 Å². The lowest BCUT2D eigenvalue weighted by Crippen LogP contribution is -2.54. The molecule has 6 nitrogen and oxygen atoms in total. The molecule has 3 N–H and O–H groups in total. The van der Waals surface area contributed by atoms with E-state index in [4.69, 9.17) is 26.8 Å². The molecule has 0 aliphatic carbocycles. The Hall–Kier alpha value is -2.61. The van der Waals surface area contributed by atoms with Crippen molar-refractivity contribution < 1.29 is 18.7 Å². The summed E-state index contributed by atoms with van der Waals surface area (Å²) in [5.41, 5.74) is 7.48. The number of anilines is 1. The maximum Gasteiger partial charge on any atom is 0.255 e. The van der Waals surface area contributed by atoms with Crippen LogP contribution in [0.2, 0.25) is 5.02 Å². The predicted octanol–water partition coefficient (Wildman–Crippen LogP) is 3.99. The molecule has 1 aliphatic rings. The van der Waals surface area contributed by atoms with Gasteiger partial charge in [-0.3, -0.25) is 4.79 Å². The minimum Gasteiger partial charge on any atom is -0.496 e. The largest absolute Gasteiger partial charge is 0.496 e. The molecule has 1 fully saturated rings. The molecule has 0 bridgehead atoms. The number of rotatable bonds is 8. The van der Waals surface area contributed by atoms with Gasteiger partial charge in [-0.05, 0) is 36.6 Å². The Labute approximate surface area is 193 Å². The normalized spacial score (nSPS) is 19.2. The fourth-order valence-electron chi connectivity index (χ4n) is 3.80. The van der Waals surface area contributed by atoms with E-state index in [0.29, 0.717) is 28.6 Å². The number of ether oxygens (including phenoxy) is 2. The van der Waals surface area contributed by atoms with Crippen molar-refractivity contribution in [3.63, 3.8) is 0 Å². The molecule has 1 aliphatic heterocycles. The summed E-state index contributed by atoms with van der Waals surface area (Å²) >= 11 is 6.10. The van der Waals surface area contributed by atoms with Crippen molar-refractivity contribution in [3.05, 3.63) is 64.4 Å². The summed E-state index contributed by atoms with van der Waals surface area (Å²) in [6.07, 6.45) is 5.57. The van der Waals surface area contributed by atoms with E-state index in [9.17, 15) is 9.18 Å². The van der Waals surface area contributed by atoms with Gasteiger partial charge in [-0.25, -0.2) is 4.39 Å². The minimum absolute atomic E-state index is 0.125. The quantitative estimate of drug-likeness (QED) is 0.581. The molecule has 1 amide bonds. The van der Waals surface area contributed by atoms with Crippen molar-refractivity contribution >= 4 is 29.3 Å². The fourth-order valence-corrected chi connectivity index (χ4v) is 3.96. The number of benzene rings is 2. The number of methoxy groups -OCH3 is 2. The zero-order valence-corrected chi connectivity index (χ0v) is 19.1. The average molecular weight is 462 g/mol. The number of nitrogens with two attached hydrogens (primary N) is 1. The number of halogens is 2. The Bertz CT molecular complexity index is 952. The van der Waals surface area contributed by atoms with Crippen LogP contribution >= 0.6 is 11.6 Å². The second-order valence-corrected chi connectivity index (χ2v) is 8.17. The standard InChI is InChI=1S/C24H29ClFN3O3/c1-31-22-14-20(27)19(25)13-18(22)24(30)28-21-10-12-29(15-23(21)32-2)11-4-3-5-16-6-8-17(26)9-7-16/h3,5-9,13-14,21,23H,4,10-12,15,27H2,1-2H3,(H,28,30)/t21-,23+/m1/s1. The lowest BCUT2D eigenvalue weighted by atomic mass is 10.0. The Kier molecular flexibility index (Phi) is 8.50. The first kappa shape index (κ1) is 24.0. The number of carbonyl (C=O) groups excluding carboxylic acids is 1. The number of carbonyl (C=O) groups is 1. The number of piperidine rings is 1. The summed E-state index contributed by atoms with van der Waals surface area (Å²) in [4.78, 5) is 15.2. The molecule has 2 aromatic rings. The van der Waals surface area contributed by atoms with Gasteiger partial charge in [0.25, 0.3) is 5.91 Å². The van der Waals surface area contributed by atoms with E-state index in [1.54, 1.807) is 25.3 Å². The number of nitrogen functional groups attached to an aromatic ring is 1. The first-order chi connectivity index (χ1) is 15.4. The van der Waals surface area contributed by atoms with Gasteiger partial charge in [0.15, 0.2) is 0 Å². The molecule has 172 valence electrons. The molecule has 0 aromatic heterocycles. The predicted molar refractivity (Wildman–Crippen MR) is 126 cm³/mol. The lowest BCUT2D eigenvalue weighted by Gasteiger charge is -2.38. The van der Waals surface area contributed by atoms with Gasteiger partial charge >= 0.3 is 0 Å². The van der Waals surface area contributed by atoms with E-state index in [1.807, 2.05) is 6.08 Å². The number of nitrogens with zero attached hydrogens (tertiary/aromatic N) is 1. The SMILES string of the molecule is COc1cc(N)c(Cl)cc1C(=O)N[C@@H]1CCN(CCC=Cc2ccc(F)cc2)C[C@@H]1OC. The van der Waals surface area contributed by atoms with E-state index >= 15 is 0 Å². The topological polar surface area (TPSA) is 76.8 Å². The van der Waals surface area contributed by atoms with Gasteiger partial charge in [-0.2, -0.15) is 0 Å². The molecule has 0 unspecified atom stereocenters. The molecular weight excluding hydrogens is 433 g/mol. The Morgan fingerprint density at radius 3 is 2.75 bits per heavy atom. The number of amides is 1. The van der Waals surface area contributed by atoms with Crippen molar-refractivity contribution in [1.29, 1.82) is 0 Å². The van der Waals surface area contributed by atoms with E-state index in [2.05, 4.69) is 16.3 Å². The van der Waals surface area contributed by atoms with Gasteiger partial charge in [-0.15, -0.1) is 0 Å². The van der Waals surface area contributed by atoms with Crippen LogP contribution in [0.4, 0.5) is 10.1 Å². The number of nitrogens with one attached hydrogen (secondary N) is 1. The van der Waals surface area contributed by atoms with E-state index in [0.717, 1.165) is 31.5 Å². The van der Waals surface area contributed by atoms with Gasteiger partial charge in [0.1, 0.15) is 11.6 Å². The zero-order chi connectivity index (χ0) is 23.1. The highest BCUT2D eigenvalue weighted by atomic mass is 35.5. The third kappa shape index (κ3) is 6.22. The molecule has 8 heteroatoms. The van der Waals surface area contributed by atoms with Gasteiger partial charge in [0.05, 0.1) is 35.5 Å². The molecule has 3 rings (SSSR count).